The lowest BCUT2D eigenvalue weighted by molar-refractivity contribution is -0.151. The molecule has 1 unspecified atom stereocenters. The number of carbonyl (C=O) groups is 1. The third-order valence-corrected chi connectivity index (χ3v) is 6.12. The standard InChI is InChI=1S/C26H29NO4.C2H6/c1-14-8-10-20(12-16(14)3)22-19(6)27(21-11-9-15(2)17(4)13-21)23(18(5)24(22)28)25(29)26(30)31-7;1-2/h8-13,25,29H,1-7H3;1-2H3. The molecular weight excluding hydrogens is 414 g/mol. The van der Waals surface area contributed by atoms with E-state index in [1.165, 1.54) is 7.11 Å². The third-order valence-electron chi connectivity index (χ3n) is 6.12. The summed E-state index contributed by atoms with van der Waals surface area (Å²) in [6.07, 6.45) is -1.58. The molecule has 0 spiro atoms. The second kappa shape index (κ2) is 10.6. The summed E-state index contributed by atoms with van der Waals surface area (Å²) in [7, 11) is 1.22. The van der Waals surface area contributed by atoms with E-state index < -0.39 is 12.1 Å². The minimum atomic E-state index is -1.58. The maximum absolute atomic E-state index is 13.5. The first kappa shape index (κ1) is 26.1. The highest BCUT2D eigenvalue weighted by molar-refractivity contribution is 5.78. The summed E-state index contributed by atoms with van der Waals surface area (Å²) in [6.45, 7) is 15.6. The monoisotopic (exact) mass is 449 g/mol. The molecule has 0 aliphatic carbocycles. The maximum atomic E-state index is 13.5. The summed E-state index contributed by atoms with van der Waals surface area (Å²) in [5, 5.41) is 10.8. The molecule has 0 saturated carbocycles. The lowest BCUT2D eigenvalue weighted by Crippen LogP contribution is -2.27. The van der Waals surface area contributed by atoms with Crippen molar-refractivity contribution in [2.24, 2.45) is 0 Å². The largest absolute Gasteiger partial charge is 0.467 e. The van der Waals surface area contributed by atoms with Gasteiger partial charge in [-0.1, -0.05) is 38.1 Å². The minimum absolute atomic E-state index is 0.209. The Hall–Kier alpha value is -3.18. The summed E-state index contributed by atoms with van der Waals surface area (Å²) in [5.41, 5.74) is 7.55. The normalized spacial score (nSPS) is 11.5. The quantitative estimate of drug-likeness (QED) is 0.528. The van der Waals surface area contributed by atoms with Crippen LogP contribution in [-0.4, -0.2) is 22.8 Å². The van der Waals surface area contributed by atoms with Crippen molar-refractivity contribution in [3.05, 3.63) is 85.8 Å². The number of pyridine rings is 1. The Labute approximate surface area is 196 Å². The van der Waals surface area contributed by atoms with Gasteiger partial charge in [-0.3, -0.25) is 4.79 Å². The number of carbonyl (C=O) groups excluding carboxylic acids is 1. The number of aliphatic hydroxyl groups excluding tert-OH is 1. The van der Waals surface area contributed by atoms with Gasteiger partial charge in [0.1, 0.15) is 0 Å². The highest BCUT2D eigenvalue weighted by Gasteiger charge is 2.28. The van der Waals surface area contributed by atoms with E-state index in [1.807, 2.05) is 84.9 Å². The number of benzene rings is 2. The SMILES string of the molecule is CC.COC(=O)C(O)c1c(C)c(=O)c(-c2ccc(C)c(C)c2)c(C)n1-c1ccc(C)c(C)c1. The molecule has 5 heteroatoms. The van der Waals surface area contributed by atoms with Gasteiger partial charge in [-0.25, -0.2) is 4.79 Å². The Balaban J connectivity index is 0.00000187. The predicted octanol–water partition coefficient (Wildman–Crippen LogP) is 5.59. The summed E-state index contributed by atoms with van der Waals surface area (Å²) in [6, 6.07) is 11.8. The van der Waals surface area contributed by atoms with E-state index in [4.69, 9.17) is 4.74 Å². The van der Waals surface area contributed by atoms with Gasteiger partial charge in [0.25, 0.3) is 0 Å². The van der Waals surface area contributed by atoms with E-state index in [9.17, 15) is 14.7 Å². The molecule has 0 amide bonds. The van der Waals surface area contributed by atoms with Crippen molar-refractivity contribution < 1.29 is 14.6 Å². The Morgan fingerprint density at radius 2 is 1.42 bits per heavy atom. The van der Waals surface area contributed by atoms with Crippen LogP contribution in [0.5, 0.6) is 0 Å². The molecule has 3 aromatic rings. The van der Waals surface area contributed by atoms with Crippen LogP contribution < -0.4 is 5.43 Å². The fourth-order valence-corrected chi connectivity index (χ4v) is 3.91. The molecule has 33 heavy (non-hydrogen) atoms. The van der Waals surface area contributed by atoms with Crippen LogP contribution in [0, 0.1) is 41.5 Å². The minimum Gasteiger partial charge on any atom is -0.467 e. The van der Waals surface area contributed by atoms with E-state index in [0.717, 1.165) is 33.5 Å². The van der Waals surface area contributed by atoms with Gasteiger partial charge in [0.15, 0.2) is 11.5 Å². The third kappa shape index (κ3) is 4.93. The molecule has 176 valence electrons. The Morgan fingerprint density at radius 1 is 0.879 bits per heavy atom. The Bertz CT molecular complexity index is 1240. The van der Waals surface area contributed by atoms with Crippen molar-refractivity contribution in [3.63, 3.8) is 0 Å². The molecule has 0 aliphatic heterocycles. The van der Waals surface area contributed by atoms with Crippen molar-refractivity contribution >= 4 is 5.97 Å². The van der Waals surface area contributed by atoms with Gasteiger partial charge in [0.2, 0.25) is 0 Å². The molecule has 2 aromatic carbocycles. The second-order valence-electron chi connectivity index (χ2n) is 8.13. The van der Waals surface area contributed by atoms with E-state index in [0.29, 0.717) is 16.8 Å². The van der Waals surface area contributed by atoms with Crippen LogP contribution in [0.2, 0.25) is 0 Å². The number of aromatic nitrogens is 1. The predicted molar refractivity (Wildman–Crippen MR) is 134 cm³/mol. The number of hydrogen-bond donors (Lipinski definition) is 1. The Kier molecular flexibility index (Phi) is 8.39. The summed E-state index contributed by atoms with van der Waals surface area (Å²) < 4.78 is 6.58. The summed E-state index contributed by atoms with van der Waals surface area (Å²) in [5.74, 6) is -0.807. The highest BCUT2D eigenvalue weighted by Crippen LogP contribution is 2.30. The van der Waals surface area contributed by atoms with Crippen LogP contribution in [0.3, 0.4) is 0 Å². The van der Waals surface area contributed by atoms with Crippen molar-refractivity contribution in [3.8, 4) is 16.8 Å². The number of ether oxygens (including phenoxy) is 1. The first-order valence-electron chi connectivity index (χ1n) is 11.3. The zero-order chi connectivity index (χ0) is 25.0. The van der Waals surface area contributed by atoms with Gasteiger partial charge in [-0.15, -0.1) is 0 Å². The fourth-order valence-electron chi connectivity index (χ4n) is 3.91. The van der Waals surface area contributed by atoms with E-state index in [1.54, 1.807) is 11.5 Å². The van der Waals surface area contributed by atoms with Crippen LogP contribution in [0.15, 0.2) is 41.2 Å². The molecular formula is C28H35NO4. The van der Waals surface area contributed by atoms with E-state index in [2.05, 4.69) is 0 Å². The zero-order valence-corrected chi connectivity index (χ0v) is 21.2. The van der Waals surface area contributed by atoms with Gasteiger partial charge in [0.05, 0.1) is 12.8 Å². The molecule has 0 bridgehead atoms. The summed E-state index contributed by atoms with van der Waals surface area (Å²) in [4.78, 5) is 25.7. The van der Waals surface area contributed by atoms with Gasteiger partial charge >= 0.3 is 5.97 Å². The molecule has 1 N–H and O–H groups in total. The number of nitrogens with zero attached hydrogens (tertiary/aromatic N) is 1. The number of aliphatic hydroxyl groups is 1. The van der Waals surface area contributed by atoms with Gasteiger partial charge in [0, 0.05) is 22.5 Å². The highest BCUT2D eigenvalue weighted by atomic mass is 16.5. The molecule has 5 nitrogen and oxygen atoms in total. The van der Waals surface area contributed by atoms with Crippen molar-refractivity contribution in [2.45, 2.75) is 61.5 Å². The van der Waals surface area contributed by atoms with Crippen LogP contribution >= 0.6 is 0 Å². The first-order chi connectivity index (χ1) is 15.6. The fraction of sp³-hybridized carbons (Fsp3) is 0.357. The van der Waals surface area contributed by atoms with Crippen LogP contribution in [0.4, 0.5) is 0 Å². The smallest absolute Gasteiger partial charge is 0.340 e. The second-order valence-corrected chi connectivity index (χ2v) is 8.13. The molecule has 1 atom stereocenters. The molecule has 0 aliphatic rings. The lowest BCUT2D eigenvalue weighted by Gasteiger charge is -2.25. The lowest BCUT2D eigenvalue weighted by atomic mass is 9.95. The number of hydrogen-bond acceptors (Lipinski definition) is 4. The first-order valence-corrected chi connectivity index (χ1v) is 11.3. The number of methoxy groups -OCH3 is 1. The number of aryl methyl sites for hydroxylation is 4. The van der Waals surface area contributed by atoms with Crippen LogP contribution in [0.1, 0.15) is 59.2 Å². The van der Waals surface area contributed by atoms with Crippen molar-refractivity contribution in [1.82, 2.24) is 4.57 Å². The number of esters is 1. The van der Waals surface area contributed by atoms with Crippen LogP contribution in [-0.2, 0) is 9.53 Å². The van der Waals surface area contributed by atoms with Gasteiger partial charge < -0.3 is 14.4 Å². The molecule has 1 heterocycles. The van der Waals surface area contributed by atoms with Crippen molar-refractivity contribution in [1.29, 1.82) is 0 Å². The van der Waals surface area contributed by atoms with E-state index in [-0.39, 0.29) is 11.1 Å². The topological polar surface area (TPSA) is 68.5 Å². The molecule has 0 saturated heterocycles. The van der Waals surface area contributed by atoms with Gasteiger partial charge in [-0.05, 0) is 81.5 Å². The molecule has 0 radical (unpaired) electrons. The molecule has 0 fully saturated rings. The Morgan fingerprint density at radius 3 is 1.94 bits per heavy atom. The average molecular weight is 450 g/mol. The molecule has 1 aromatic heterocycles. The van der Waals surface area contributed by atoms with Crippen LogP contribution in [0.25, 0.3) is 16.8 Å². The zero-order valence-electron chi connectivity index (χ0n) is 21.2. The maximum Gasteiger partial charge on any atom is 0.340 e. The molecule has 3 rings (SSSR count). The summed E-state index contributed by atoms with van der Waals surface area (Å²) >= 11 is 0. The number of rotatable bonds is 4. The average Bonchev–Trinajstić information content (AvgIpc) is 2.80. The van der Waals surface area contributed by atoms with Gasteiger partial charge in [-0.2, -0.15) is 0 Å². The van der Waals surface area contributed by atoms with E-state index >= 15 is 0 Å². The van der Waals surface area contributed by atoms with Crippen molar-refractivity contribution in [2.75, 3.05) is 7.11 Å².